The number of benzene rings is 1. The van der Waals surface area contributed by atoms with Gasteiger partial charge in [-0.1, -0.05) is 0 Å². The van der Waals surface area contributed by atoms with E-state index in [9.17, 15) is 4.39 Å². The molecule has 0 aliphatic heterocycles. The smallest absolute Gasteiger partial charge is 0.238 e. The molecule has 1 heterocycles. The summed E-state index contributed by atoms with van der Waals surface area (Å²) in [6.45, 7) is 0.657. The second-order valence-corrected chi connectivity index (χ2v) is 3.45. The van der Waals surface area contributed by atoms with E-state index in [1.54, 1.807) is 18.2 Å². The predicted octanol–water partition coefficient (Wildman–Crippen LogP) is 2.13. The van der Waals surface area contributed by atoms with Gasteiger partial charge in [0.2, 0.25) is 5.88 Å². The first-order valence-corrected chi connectivity index (χ1v) is 5.18. The Morgan fingerprint density at radius 3 is 2.47 bits per heavy atom. The molecule has 0 aliphatic carbocycles. The highest BCUT2D eigenvalue weighted by Crippen LogP contribution is 2.18. The number of hydrogen-bond acceptors (Lipinski definition) is 4. The molecule has 1 aromatic carbocycles. The van der Waals surface area contributed by atoms with Crippen molar-refractivity contribution in [3.8, 4) is 11.6 Å². The summed E-state index contributed by atoms with van der Waals surface area (Å²) in [5, 5.41) is 10.9. The van der Waals surface area contributed by atoms with Crippen LogP contribution in [-0.2, 0) is 6.54 Å². The van der Waals surface area contributed by atoms with Gasteiger partial charge in [0.05, 0.1) is 5.69 Å². The van der Waals surface area contributed by atoms with Gasteiger partial charge < -0.3 is 10.1 Å². The van der Waals surface area contributed by atoms with Crippen LogP contribution in [0.1, 0.15) is 5.69 Å². The van der Waals surface area contributed by atoms with Gasteiger partial charge in [-0.25, -0.2) is 4.39 Å². The Kier molecular flexibility index (Phi) is 3.62. The molecule has 0 spiro atoms. The van der Waals surface area contributed by atoms with Crippen molar-refractivity contribution < 1.29 is 9.13 Å². The molecule has 0 saturated heterocycles. The molecule has 2 aromatic rings. The highest BCUT2D eigenvalue weighted by atomic mass is 19.1. The molecule has 2 rings (SSSR count). The molecule has 5 heteroatoms. The number of aromatic nitrogens is 2. The number of hydrogen-bond donors (Lipinski definition) is 1. The van der Waals surface area contributed by atoms with E-state index in [0.717, 1.165) is 5.69 Å². The van der Waals surface area contributed by atoms with Crippen LogP contribution in [0.3, 0.4) is 0 Å². The second-order valence-electron chi connectivity index (χ2n) is 3.45. The summed E-state index contributed by atoms with van der Waals surface area (Å²) in [5.41, 5.74) is 0.832. The van der Waals surface area contributed by atoms with E-state index in [-0.39, 0.29) is 5.82 Å². The second kappa shape index (κ2) is 5.36. The van der Waals surface area contributed by atoms with Crippen molar-refractivity contribution in [1.29, 1.82) is 0 Å². The zero-order valence-electron chi connectivity index (χ0n) is 9.35. The van der Waals surface area contributed by atoms with Gasteiger partial charge in [-0.3, -0.25) is 0 Å². The predicted molar refractivity (Wildman–Crippen MR) is 61.3 cm³/mol. The molecule has 0 saturated carbocycles. The van der Waals surface area contributed by atoms with Gasteiger partial charge in [0.15, 0.2) is 0 Å². The fraction of sp³-hybridized carbons (Fsp3) is 0.167. The van der Waals surface area contributed by atoms with Crippen LogP contribution in [0.15, 0.2) is 36.4 Å². The average Bonchev–Trinajstić information content (AvgIpc) is 2.35. The average molecular weight is 233 g/mol. The Bertz CT molecular complexity index is 470. The molecule has 0 aliphatic rings. The van der Waals surface area contributed by atoms with Crippen molar-refractivity contribution in [2.75, 3.05) is 7.05 Å². The standard InChI is InChI=1S/C12H12FN3O/c1-14-8-10-4-7-12(16-15-10)17-11-5-2-9(13)3-6-11/h2-7,14H,8H2,1H3. The Hall–Kier alpha value is -2.01. The maximum Gasteiger partial charge on any atom is 0.238 e. The van der Waals surface area contributed by atoms with Gasteiger partial charge >= 0.3 is 0 Å². The Morgan fingerprint density at radius 2 is 1.88 bits per heavy atom. The molecule has 17 heavy (non-hydrogen) atoms. The highest BCUT2D eigenvalue weighted by molar-refractivity contribution is 5.26. The zero-order valence-corrected chi connectivity index (χ0v) is 9.35. The Labute approximate surface area is 98.5 Å². The van der Waals surface area contributed by atoms with Gasteiger partial charge in [-0.2, -0.15) is 5.10 Å². The van der Waals surface area contributed by atoms with Crippen LogP contribution in [0.4, 0.5) is 4.39 Å². The van der Waals surface area contributed by atoms with Crippen molar-refractivity contribution in [2.24, 2.45) is 0 Å². The zero-order chi connectivity index (χ0) is 12.1. The van der Waals surface area contributed by atoms with Crippen LogP contribution < -0.4 is 10.1 Å². The summed E-state index contributed by atoms with van der Waals surface area (Å²) >= 11 is 0. The number of halogens is 1. The van der Waals surface area contributed by atoms with E-state index in [4.69, 9.17) is 4.74 Å². The van der Waals surface area contributed by atoms with Crippen LogP contribution in [0.5, 0.6) is 11.6 Å². The molecule has 1 aromatic heterocycles. The molecule has 0 bridgehead atoms. The van der Waals surface area contributed by atoms with Gasteiger partial charge in [-0.15, -0.1) is 5.10 Å². The minimum absolute atomic E-state index is 0.298. The third kappa shape index (κ3) is 3.22. The lowest BCUT2D eigenvalue weighted by atomic mass is 10.3. The van der Waals surface area contributed by atoms with E-state index in [1.165, 1.54) is 12.1 Å². The van der Waals surface area contributed by atoms with E-state index in [0.29, 0.717) is 18.2 Å². The van der Waals surface area contributed by atoms with E-state index >= 15 is 0 Å². The van der Waals surface area contributed by atoms with Crippen molar-refractivity contribution in [1.82, 2.24) is 15.5 Å². The van der Waals surface area contributed by atoms with Crippen LogP contribution >= 0.6 is 0 Å². The number of nitrogens with zero attached hydrogens (tertiary/aromatic N) is 2. The van der Waals surface area contributed by atoms with Crippen LogP contribution in [-0.4, -0.2) is 17.2 Å². The van der Waals surface area contributed by atoms with Crippen LogP contribution in [0.2, 0.25) is 0 Å². The summed E-state index contributed by atoms with van der Waals surface area (Å²) in [4.78, 5) is 0. The molecule has 0 radical (unpaired) electrons. The molecular formula is C12H12FN3O. The minimum atomic E-state index is -0.298. The normalized spacial score (nSPS) is 10.2. The maximum absolute atomic E-state index is 12.7. The van der Waals surface area contributed by atoms with Gasteiger partial charge in [-0.05, 0) is 37.4 Å². The molecule has 1 N–H and O–H groups in total. The third-order valence-corrected chi connectivity index (χ3v) is 2.09. The lowest BCUT2D eigenvalue weighted by Gasteiger charge is -2.04. The first-order valence-electron chi connectivity index (χ1n) is 5.18. The molecule has 0 amide bonds. The fourth-order valence-electron chi connectivity index (χ4n) is 1.30. The molecule has 0 fully saturated rings. The number of rotatable bonds is 4. The summed E-state index contributed by atoms with van der Waals surface area (Å²) < 4.78 is 18.1. The van der Waals surface area contributed by atoms with E-state index in [2.05, 4.69) is 15.5 Å². The first kappa shape index (κ1) is 11.5. The highest BCUT2D eigenvalue weighted by Gasteiger charge is 2.00. The minimum Gasteiger partial charge on any atom is -0.438 e. The molecule has 4 nitrogen and oxygen atoms in total. The maximum atomic E-state index is 12.7. The van der Waals surface area contributed by atoms with Gasteiger partial charge in [0.25, 0.3) is 0 Å². The monoisotopic (exact) mass is 233 g/mol. The van der Waals surface area contributed by atoms with Crippen molar-refractivity contribution >= 4 is 0 Å². The van der Waals surface area contributed by atoms with E-state index in [1.807, 2.05) is 13.1 Å². The fourth-order valence-corrected chi connectivity index (χ4v) is 1.30. The summed E-state index contributed by atoms with van der Waals surface area (Å²) in [5.74, 6) is 0.617. The van der Waals surface area contributed by atoms with Crippen molar-refractivity contribution in [3.63, 3.8) is 0 Å². The SMILES string of the molecule is CNCc1ccc(Oc2ccc(F)cc2)nn1. The van der Waals surface area contributed by atoms with Gasteiger partial charge in [0, 0.05) is 12.6 Å². The summed E-state index contributed by atoms with van der Waals surface area (Å²) in [6, 6.07) is 9.29. The topological polar surface area (TPSA) is 47.0 Å². The Balaban J connectivity index is 2.05. The van der Waals surface area contributed by atoms with Crippen LogP contribution in [0.25, 0.3) is 0 Å². The number of ether oxygens (including phenoxy) is 1. The number of nitrogens with one attached hydrogen (secondary N) is 1. The van der Waals surface area contributed by atoms with Crippen LogP contribution in [0, 0.1) is 5.82 Å². The first-order chi connectivity index (χ1) is 8.28. The largest absolute Gasteiger partial charge is 0.438 e. The summed E-state index contributed by atoms with van der Waals surface area (Å²) in [6.07, 6.45) is 0. The quantitative estimate of drug-likeness (QED) is 0.878. The molecule has 0 atom stereocenters. The Morgan fingerprint density at radius 1 is 1.12 bits per heavy atom. The van der Waals surface area contributed by atoms with Gasteiger partial charge in [0.1, 0.15) is 11.6 Å². The molecule has 88 valence electrons. The molecule has 0 unspecified atom stereocenters. The van der Waals surface area contributed by atoms with Crippen molar-refractivity contribution in [3.05, 3.63) is 47.9 Å². The van der Waals surface area contributed by atoms with E-state index < -0.39 is 0 Å². The van der Waals surface area contributed by atoms with Crippen molar-refractivity contribution in [2.45, 2.75) is 6.54 Å². The lowest BCUT2D eigenvalue weighted by Crippen LogP contribution is -2.07. The lowest BCUT2D eigenvalue weighted by molar-refractivity contribution is 0.452. The summed E-state index contributed by atoms with van der Waals surface area (Å²) in [7, 11) is 1.84. The third-order valence-electron chi connectivity index (χ3n) is 2.09. The molecular weight excluding hydrogens is 221 g/mol.